The van der Waals surface area contributed by atoms with Gasteiger partial charge < -0.3 is 11.1 Å². The average molecular weight is 384 g/mol. The smallest absolute Gasteiger partial charge is 0.139 e. The Morgan fingerprint density at radius 2 is 1.79 bits per heavy atom. The lowest BCUT2D eigenvalue weighted by atomic mass is 10.1. The number of pyridine rings is 3. The highest BCUT2D eigenvalue weighted by molar-refractivity contribution is 7.97. The Labute approximate surface area is 166 Å². The van der Waals surface area contributed by atoms with Crippen LogP contribution in [-0.2, 0) is 0 Å². The topological polar surface area (TPSA) is 103 Å². The Kier molecular flexibility index (Phi) is 5.06. The highest BCUT2D eigenvalue weighted by Gasteiger charge is 2.04. The molecular weight excluding hydrogens is 368 g/mol. The van der Waals surface area contributed by atoms with Crippen molar-refractivity contribution in [2.24, 2.45) is 5.14 Å². The molecule has 0 amide bonds. The molecule has 0 bridgehead atoms. The van der Waals surface area contributed by atoms with Crippen LogP contribution in [0.1, 0.15) is 11.3 Å². The zero-order chi connectivity index (χ0) is 19.3. The lowest BCUT2D eigenvalue weighted by Crippen LogP contribution is -1.95. The number of benzene rings is 1. The van der Waals surface area contributed by atoms with Crippen LogP contribution in [0.4, 0.5) is 17.3 Å². The van der Waals surface area contributed by atoms with E-state index in [9.17, 15) is 0 Å². The third-order valence-electron chi connectivity index (χ3n) is 4.06. The highest BCUT2D eigenvalue weighted by atomic mass is 32.2. The fourth-order valence-electron chi connectivity index (χ4n) is 2.65. The monoisotopic (exact) mass is 384 g/mol. The second-order valence-corrected chi connectivity index (χ2v) is 6.61. The predicted molar refractivity (Wildman–Crippen MR) is 114 cm³/mol. The van der Waals surface area contributed by atoms with Gasteiger partial charge in [-0.25, -0.2) is 15.0 Å². The van der Waals surface area contributed by atoms with Gasteiger partial charge in [0.05, 0.1) is 5.56 Å². The van der Waals surface area contributed by atoms with Crippen LogP contribution in [-0.4, -0.2) is 15.0 Å². The third kappa shape index (κ3) is 3.88. The average Bonchev–Trinajstić information content (AvgIpc) is 2.74. The van der Waals surface area contributed by atoms with E-state index in [0.717, 1.165) is 21.4 Å². The van der Waals surface area contributed by atoms with E-state index in [4.69, 9.17) is 10.9 Å². The van der Waals surface area contributed by atoms with E-state index < -0.39 is 0 Å². The van der Waals surface area contributed by atoms with Crippen LogP contribution in [0.3, 0.4) is 0 Å². The molecule has 0 fully saturated rings. The lowest BCUT2D eigenvalue weighted by molar-refractivity contribution is 1.29. The normalized spacial score (nSPS) is 10.3. The van der Waals surface area contributed by atoms with Crippen LogP contribution in [0.2, 0.25) is 0 Å². The Hall–Kier alpha value is -3.60. The van der Waals surface area contributed by atoms with Crippen LogP contribution in [0.5, 0.6) is 0 Å². The zero-order valence-electron chi connectivity index (χ0n) is 14.8. The molecule has 0 aliphatic carbocycles. The van der Waals surface area contributed by atoms with Crippen molar-refractivity contribution in [2.45, 2.75) is 4.90 Å². The molecular formula is C21H16N6S. The summed E-state index contributed by atoms with van der Waals surface area (Å²) in [6.07, 6.45) is 5.16. The maximum Gasteiger partial charge on any atom is 0.139 e. The summed E-state index contributed by atoms with van der Waals surface area (Å²) >= 11 is 1.21. The van der Waals surface area contributed by atoms with Crippen molar-refractivity contribution in [1.29, 1.82) is 0 Å². The summed E-state index contributed by atoms with van der Waals surface area (Å²) in [6.45, 7) is 0. The van der Waals surface area contributed by atoms with Crippen molar-refractivity contribution in [3.8, 4) is 11.8 Å². The van der Waals surface area contributed by atoms with Gasteiger partial charge in [-0.05, 0) is 66.4 Å². The molecule has 28 heavy (non-hydrogen) atoms. The fraction of sp³-hybridized carbons (Fsp3) is 0. The predicted octanol–water partition coefficient (Wildman–Crippen LogP) is 3.72. The van der Waals surface area contributed by atoms with Crippen LogP contribution in [0.15, 0.2) is 72.0 Å². The van der Waals surface area contributed by atoms with E-state index in [-0.39, 0.29) is 0 Å². The van der Waals surface area contributed by atoms with Crippen molar-refractivity contribution < 1.29 is 0 Å². The molecule has 0 saturated carbocycles. The van der Waals surface area contributed by atoms with E-state index in [2.05, 4.69) is 32.1 Å². The number of nitrogen functional groups attached to an aromatic ring is 1. The first-order valence-electron chi connectivity index (χ1n) is 8.44. The van der Waals surface area contributed by atoms with Gasteiger partial charge in [-0.3, -0.25) is 5.14 Å². The number of nitrogens with one attached hydrogen (secondary N) is 1. The summed E-state index contributed by atoms with van der Waals surface area (Å²) in [5, 5.41) is 10.7. The molecule has 4 rings (SSSR count). The number of nitrogens with two attached hydrogens (primary N) is 2. The Bertz CT molecular complexity index is 1190. The molecule has 0 spiro atoms. The van der Waals surface area contributed by atoms with Crippen molar-refractivity contribution in [3.05, 3.63) is 78.4 Å². The fourth-order valence-corrected chi connectivity index (χ4v) is 2.94. The minimum atomic E-state index is 0.401. The SMILES string of the molecule is NSc1ccc(Nc2cc3c(C#Cc4cccnc4N)nccc3cn2)cc1. The van der Waals surface area contributed by atoms with E-state index >= 15 is 0 Å². The molecule has 136 valence electrons. The second kappa shape index (κ2) is 7.96. The molecule has 0 saturated heterocycles. The largest absolute Gasteiger partial charge is 0.383 e. The van der Waals surface area contributed by atoms with Crippen molar-refractivity contribution >= 4 is 40.0 Å². The van der Waals surface area contributed by atoms with Gasteiger partial charge in [0.25, 0.3) is 0 Å². The number of hydrogen-bond acceptors (Lipinski definition) is 7. The van der Waals surface area contributed by atoms with Crippen LogP contribution in [0.25, 0.3) is 10.8 Å². The number of nitrogens with zero attached hydrogens (tertiary/aromatic N) is 3. The molecule has 3 aromatic heterocycles. The molecule has 0 radical (unpaired) electrons. The van der Waals surface area contributed by atoms with Gasteiger partial charge in [-0.15, -0.1) is 0 Å². The quantitative estimate of drug-likeness (QED) is 0.365. The first kappa shape index (κ1) is 17.8. The summed E-state index contributed by atoms with van der Waals surface area (Å²) in [4.78, 5) is 13.9. The van der Waals surface area contributed by atoms with E-state index in [1.807, 2.05) is 42.5 Å². The van der Waals surface area contributed by atoms with Gasteiger partial charge in [-0.2, -0.15) is 0 Å². The molecule has 0 aliphatic rings. The number of hydrogen-bond donors (Lipinski definition) is 3. The third-order valence-corrected chi connectivity index (χ3v) is 4.61. The van der Waals surface area contributed by atoms with Crippen LogP contribution in [0, 0.1) is 11.8 Å². The van der Waals surface area contributed by atoms with Crippen molar-refractivity contribution in [2.75, 3.05) is 11.1 Å². The second-order valence-electron chi connectivity index (χ2n) is 5.90. The number of aromatic nitrogens is 3. The minimum absolute atomic E-state index is 0.401. The highest BCUT2D eigenvalue weighted by Crippen LogP contribution is 2.23. The van der Waals surface area contributed by atoms with E-state index in [0.29, 0.717) is 22.9 Å². The molecule has 0 atom stereocenters. The minimum Gasteiger partial charge on any atom is -0.383 e. The molecule has 3 heterocycles. The molecule has 0 aliphatic heterocycles. The number of fused-ring (bicyclic) bond motifs is 1. The van der Waals surface area contributed by atoms with E-state index in [1.54, 1.807) is 24.7 Å². The first-order chi connectivity index (χ1) is 13.7. The summed E-state index contributed by atoms with van der Waals surface area (Å²) in [5.74, 6) is 7.25. The first-order valence-corrected chi connectivity index (χ1v) is 9.32. The van der Waals surface area contributed by atoms with Crippen molar-refractivity contribution in [3.63, 3.8) is 0 Å². The Morgan fingerprint density at radius 3 is 2.57 bits per heavy atom. The van der Waals surface area contributed by atoms with Gasteiger partial charge in [0.15, 0.2) is 0 Å². The lowest BCUT2D eigenvalue weighted by Gasteiger charge is -2.08. The molecule has 1 aromatic carbocycles. The summed E-state index contributed by atoms with van der Waals surface area (Å²) < 4.78 is 0. The number of anilines is 3. The summed E-state index contributed by atoms with van der Waals surface area (Å²) in [7, 11) is 0. The molecule has 7 heteroatoms. The molecule has 5 N–H and O–H groups in total. The maximum absolute atomic E-state index is 5.86. The standard InChI is InChI=1S/C21H16N6S/c22-21-14(2-1-10-25-21)3-8-19-18-12-20(26-13-15(18)9-11-24-19)27-16-4-6-17(28-23)7-5-16/h1-2,4-7,9-13H,23H2,(H2,22,25)(H,26,27). The summed E-state index contributed by atoms with van der Waals surface area (Å²) in [6, 6.07) is 15.3. The van der Waals surface area contributed by atoms with Gasteiger partial charge in [0.1, 0.15) is 17.3 Å². The molecule has 4 aromatic rings. The van der Waals surface area contributed by atoms with Gasteiger partial charge in [0, 0.05) is 39.9 Å². The Morgan fingerprint density at radius 1 is 0.929 bits per heavy atom. The number of rotatable bonds is 3. The Balaban J connectivity index is 1.68. The zero-order valence-corrected chi connectivity index (χ0v) is 15.6. The van der Waals surface area contributed by atoms with Gasteiger partial charge >= 0.3 is 0 Å². The van der Waals surface area contributed by atoms with Gasteiger partial charge in [0.2, 0.25) is 0 Å². The summed E-state index contributed by atoms with van der Waals surface area (Å²) in [5.41, 5.74) is 8.11. The van der Waals surface area contributed by atoms with E-state index in [1.165, 1.54) is 11.9 Å². The molecule has 0 unspecified atom stereocenters. The van der Waals surface area contributed by atoms with Crippen molar-refractivity contribution in [1.82, 2.24) is 15.0 Å². The van der Waals surface area contributed by atoms with Gasteiger partial charge in [-0.1, -0.05) is 5.92 Å². The van der Waals surface area contributed by atoms with Crippen LogP contribution >= 0.6 is 11.9 Å². The molecule has 6 nitrogen and oxygen atoms in total. The maximum atomic E-state index is 5.86. The van der Waals surface area contributed by atoms with Crippen LogP contribution < -0.4 is 16.2 Å².